The number of hydrogen-bond acceptors (Lipinski definition) is 1. The molecule has 1 nitrogen and oxygen atoms in total. The van der Waals surface area contributed by atoms with Crippen LogP contribution in [0.1, 0.15) is 61.1 Å². The fourth-order valence-electron chi connectivity index (χ4n) is 8.79. The maximum absolute atomic E-state index is 2.54. The highest BCUT2D eigenvalue weighted by Gasteiger charge is 2.43. The minimum atomic E-state index is -0.172. The van der Waals surface area contributed by atoms with Crippen molar-refractivity contribution in [2.24, 2.45) is 0 Å². The molecule has 0 spiro atoms. The first kappa shape index (κ1) is 31.3. The van der Waals surface area contributed by atoms with Crippen LogP contribution in [-0.4, -0.2) is 0 Å². The molecule has 2 aliphatic carbocycles. The molecule has 0 amide bonds. The van der Waals surface area contributed by atoms with E-state index < -0.39 is 0 Å². The second-order valence-electron chi connectivity index (χ2n) is 15.6. The van der Waals surface area contributed by atoms with Crippen molar-refractivity contribution >= 4 is 17.1 Å². The number of benzene rings is 7. The number of anilines is 3. The molecule has 9 rings (SSSR count). The number of hydrogen-bond donors (Lipinski definition) is 0. The Bertz CT molecular complexity index is 2400. The predicted octanol–water partition coefficient (Wildman–Crippen LogP) is 13.7. The SMILES string of the molecule is Cc1ccc(N(c2ccc(C)cc2)c2ccc3c(c2)C(C)(C)c2cc4c(cc2-3)C(C)(C)c2c(-c3ccccc3)cc(-c3ccccc3)cc2-4)cc1. The van der Waals surface area contributed by atoms with Gasteiger partial charge in [0.2, 0.25) is 0 Å². The molecular formula is C50H43N. The van der Waals surface area contributed by atoms with Gasteiger partial charge in [0.25, 0.3) is 0 Å². The zero-order valence-corrected chi connectivity index (χ0v) is 30.4. The van der Waals surface area contributed by atoms with E-state index in [-0.39, 0.29) is 10.8 Å². The minimum Gasteiger partial charge on any atom is -0.310 e. The van der Waals surface area contributed by atoms with Crippen LogP contribution in [0.15, 0.2) is 152 Å². The second-order valence-corrected chi connectivity index (χ2v) is 15.6. The van der Waals surface area contributed by atoms with E-state index in [1.165, 1.54) is 95.0 Å². The zero-order chi connectivity index (χ0) is 35.1. The van der Waals surface area contributed by atoms with Crippen LogP contribution in [0, 0.1) is 13.8 Å². The van der Waals surface area contributed by atoms with Gasteiger partial charge in [0, 0.05) is 27.9 Å². The number of rotatable bonds is 5. The first-order chi connectivity index (χ1) is 24.6. The van der Waals surface area contributed by atoms with E-state index in [1.807, 2.05) is 0 Å². The van der Waals surface area contributed by atoms with E-state index >= 15 is 0 Å². The molecular weight excluding hydrogens is 615 g/mol. The number of fused-ring (bicyclic) bond motifs is 6. The summed E-state index contributed by atoms with van der Waals surface area (Å²) in [5.41, 5.74) is 21.8. The van der Waals surface area contributed by atoms with E-state index in [0.29, 0.717) is 0 Å². The van der Waals surface area contributed by atoms with Crippen LogP contribution in [0.25, 0.3) is 44.5 Å². The molecule has 2 aliphatic rings. The lowest BCUT2D eigenvalue weighted by molar-refractivity contribution is 0.653. The summed E-state index contributed by atoms with van der Waals surface area (Å²) in [5, 5.41) is 0. The van der Waals surface area contributed by atoms with Gasteiger partial charge in [-0.2, -0.15) is 0 Å². The summed E-state index contributed by atoms with van der Waals surface area (Å²) < 4.78 is 0. The molecule has 0 fully saturated rings. The van der Waals surface area contributed by atoms with Gasteiger partial charge in [-0.1, -0.05) is 130 Å². The fourth-order valence-corrected chi connectivity index (χ4v) is 8.79. The largest absolute Gasteiger partial charge is 0.310 e. The molecule has 0 aromatic heterocycles. The standard InChI is InChI=1S/C50H43N/c1-32-17-21-37(22-18-32)51(38-23-19-33(2)20-24-38)39-25-26-40-42-30-47-43(31-46(42)49(3,4)45(40)29-39)44-28-36(34-13-9-7-10-14-34)27-41(48(44)50(47,5)6)35-15-11-8-12-16-35/h7-31H,1-6H3. The van der Waals surface area contributed by atoms with Crippen LogP contribution < -0.4 is 4.90 Å². The van der Waals surface area contributed by atoms with Crippen molar-refractivity contribution in [3.8, 4) is 44.5 Å². The number of nitrogens with zero attached hydrogens (tertiary/aromatic N) is 1. The van der Waals surface area contributed by atoms with E-state index in [0.717, 1.165) is 0 Å². The number of aryl methyl sites for hydroxylation is 2. The van der Waals surface area contributed by atoms with Gasteiger partial charge in [-0.3, -0.25) is 0 Å². The van der Waals surface area contributed by atoms with Crippen molar-refractivity contribution in [1.29, 1.82) is 0 Å². The van der Waals surface area contributed by atoms with E-state index in [1.54, 1.807) is 0 Å². The molecule has 0 atom stereocenters. The molecule has 0 radical (unpaired) electrons. The summed E-state index contributed by atoms with van der Waals surface area (Å²) in [6.07, 6.45) is 0. The van der Waals surface area contributed by atoms with Crippen LogP contribution in [0.3, 0.4) is 0 Å². The smallest absolute Gasteiger partial charge is 0.0465 e. The monoisotopic (exact) mass is 657 g/mol. The van der Waals surface area contributed by atoms with Crippen molar-refractivity contribution in [2.45, 2.75) is 52.4 Å². The summed E-state index contributed by atoms with van der Waals surface area (Å²) in [6, 6.07) is 56.6. The predicted molar refractivity (Wildman–Crippen MR) is 217 cm³/mol. The molecule has 7 aromatic rings. The highest BCUT2D eigenvalue weighted by Crippen LogP contribution is 2.58. The first-order valence-electron chi connectivity index (χ1n) is 18.2. The third kappa shape index (κ3) is 4.90. The van der Waals surface area contributed by atoms with E-state index in [2.05, 4.69) is 198 Å². The first-order valence-corrected chi connectivity index (χ1v) is 18.2. The van der Waals surface area contributed by atoms with Gasteiger partial charge in [-0.05, 0) is 141 Å². The Labute approximate surface area is 302 Å². The van der Waals surface area contributed by atoms with Crippen molar-refractivity contribution in [1.82, 2.24) is 0 Å². The molecule has 1 heteroatoms. The lowest BCUT2D eigenvalue weighted by Crippen LogP contribution is -2.18. The Hall–Kier alpha value is -5.66. The van der Waals surface area contributed by atoms with E-state index in [9.17, 15) is 0 Å². The Kier molecular flexibility index (Phi) is 7.03. The molecule has 0 unspecified atom stereocenters. The summed E-state index contributed by atoms with van der Waals surface area (Å²) in [4.78, 5) is 2.40. The summed E-state index contributed by atoms with van der Waals surface area (Å²) in [5.74, 6) is 0. The summed E-state index contributed by atoms with van der Waals surface area (Å²) in [7, 11) is 0. The van der Waals surface area contributed by atoms with Crippen LogP contribution in [0.2, 0.25) is 0 Å². The van der Waals surface area contributed by atoms with E-state index in [4.69, 9.17) is 0 Å². The highest BCUT2D eigenvalue weighted by molar-refractivity contribution is 5.96. The van der Waals surface area contributed by atoms with Gasteiger partial charge < -0.3 is 4.90 Å². The Morgan fingerprint density at radius 2 is 0.824 bits per heavy atom. The van der Waals surface area contributed by atoms with Crippen molar-refractivity contribution < 1.29 is 0 Å². The average molecular weight is 658 g/mol. The van der Waals surface area contributed by atoms with Crippen LogP contribution in [0.5, 0.6) is 0 Å². The van der Waals surface area contributed by atoms with Gasteiger partial charge in [0.1, 0.15) is 0 Å². The highest BCUT2D eigenvalue weighted by atomic mass is 15.1. The van der Waals surface area contributed by atoms with Gasteiger partial charge in [0.15, 0.2) is 0 Å². The Morgan fingerprint density at radius 1 is 0.353 bits per heavy atom. The Morgan fingerprint density at radius 3 is 1.41 bits per heavy atom. The molecule has 0 heterocycles. The molecule has 248 valence electrons. The van der Waals surface area contributed by atoms with Crippen molar-refractivity contribution in [3.63, 3.8) is 0 Å². The molecule has 0 bridgehead atoms. The summed E-state index contributed by atoms with van der Waals surface area (Å²) in [6.45, 7) is 14.0. The lowest BCUT2D eigenvalue weighted by atomic mass is 9.77. The Balaban J connectivity index is 1.22. The average Bonchev–Trinajstić information content (AvgIpc) is 3.51. The molecule has 7 aromatic carbocycles. The quantitative estimate of drug-likeness (QED) is 0.178. The third-order valence-corrected chi connectivity index (χ3v) is 11.6. The maximum Gasteiger partial charge on any atom is 0.0465 e. The second kappa shape index (κ2) is 11.4. The molecule has 51 heavy (non-hydrogen) atoms. The minimum absolute atomic E-state index is 0.166. The molecule has 0 N–H and O–H groups in total. The molecule has 0 aliphatic heterocycles. The van der Waals surface area contributed by atoms with Crippen LogP contribution in [-0.2, 0) is 10.8 Å². The van der Waals surface area contributed by atoms with Crippen molar-refractivity contribution in [2.75, 3.05) is 4.90 Å². The molecule has 0 saturated heterocycles. The third-order valence-electron chi connectivity index (χ3n) is 11.6. The fraction of sp³-hybridized carbons (Fsp3) is 0.160. The van der Waals surface area contributed by atoms with Crippen molar-refractivity contribution in [3.05, 3.63) is 185 Å². The van der Waals surface area contributed by atoms with Gasteiger partial charge in [-0.25, -0.2) is 0 Å². The topological polar surface area (TPSA) is 3.24 Å². The van der Waals surface area contributed by atoms with Crippen LogP contribution in [0.4, 0.5) is 17.1 Å². The summed E-state index contributed by atoms with van der Waals surface area (Å²) >= 11 is 0. The van der Waals surface area contributed by atoms with Gasteiger partial charge >= 0.3 is 0 Å². The maximum atomic E-state index is 2.54. The lowest BCUT2D eigenvalue weighted by Gasteiger charge is -2.28. The normalized spacial score (nSPS) is 14.4. The molecule has 0 saturated carbocycles. The van der Waals surface area contributed by atoms with Gasteiger partial charge in [0.05, 0.1) is 0 Å². The zero-order valence-electron chi connectivity index (χ0n) is 30.4. The van der Waals surface area contributed by atoms with Gasteiger partial charge in [-0.15, -0.1) is 0 Å². The van der Waals surface area contributed by atoms with Crippen LogP contribution >= 0.6 is 0 Å².